The first-order chi connectivity index (χ1) is 47.9. The molecule has 578 valence electrons. The predicted octanol–water partition coefficient (Wildman–Crippen LogP) is 37.7. The van der Waals surface area contributed by atoms with E-state index in [0.29, 0.717) is 0 Å². The van der Waals surface area contributed by atoms with Crippen LogP contribution >= 0.6 is 0 Å². The van der Waals surface area contributed by atoms with Crippen LogP contribution in [-0.4, -0.2) is 0 Å². The molecular weight excluding hydrogens is 1150 g/mol. The van der Waals surface area contributed by atoms with Crippen LogP contribution in [0.25, 0.3) is 0 Å². The first-order valence-electron chi connectivity index (χ1n) is 47.9. The van der Waals surface area contributed by atoms with Crippen molar-refractivity contribution in [3.63, 3.8) is 0 Å². The number of rotatable bonds is 93. The highest BCUT2D eigenvalue weighted by atomic mass is 14.1. The highest BCUT2D eigenvalue weighted by Gasteiger charge is 2.03. The van der Waals surface area contributed by atoms with E-state index < -0.39 is 0 Å². The monoisotopic (exact) mass is 1350 g/mol. The maximum Gasteiger partial charge on any atom is -0.0533 e. The molecule has 0 atom stereocenters. The predicted molar refractivity (Wildman–Crippen MR) is 445 cm³/mol. The summed E-state index contributed by atoms with van der Waals surface area (Å²) in [5.41, 5.74) is 0. The lowest BCUT2D eigenvalue weighted by atomic mass is 10.0. The average Bonchev–Trinajstić information content (AvgIpc) is 3.61. The molecule has 0 rings (SSSR count). The van der Waals surface area contributed by atoms with E-state index in [2.05, 4.69) is 13.8 Å². The first-order valence-corrected chi connectivity index (χ1v) is 47.9. The van der Waals surface area contributed by atoms with E-state index in [1.165, 1.54) is 604 Å². The second-order valence-electron chi connectivity index (χ2n) is 33.5. The standard InChI is InChI=1S/C96H194/c1-3-5-7-9-11-13-15-17-19-21-23-25-27-29-31-33-35-37-39-41-43-45-47-49-51-53-55-57-59-61-63-65-67-69-71-73-75-77-79-81-83-85-87-89-91-93-95-96-94-92-90-88-86-84-82-80-78-76-74-72-70-68-66-64-62-60-58-56-54-52-50-48-46-44-42-40-38-36-34-32-30-28-26-24-22-20-18-16-14-12-10-8-6-4-2/h3-96H2,1-2H3. The summed E-state index contributed by atoms with van der Waals surface area (Å²) in [6.07, 6.45) is 140. The fourth-order valence-electron chi connectivity index (χ4n) is 16.4. The van der Waals surface area contributed by atoms with E-state index in [4.69, 9.17) is 0 Å². The Morgan fingerprint density at radius 1 is 0.0521 bits per heavy atom. The summed E-state index contributed by atoms with van der Waals surface area (Å²) in [6, 6.07) is 0. The number of unbranched alkanes of at least 4 members (excludes halogenated alkanes) is 93. The highest BCUT2D eigenvalue weighted by molar-refractivity contribution is 4.59. The Bertz CT molecular complexity index is 1140. The molecule has 0 saturated heterocycles. The van der Waals surface area contributed by atoms with Crippen LogP contribution in [0.4, 0.5) is 0 Å². The third kappa shape index (κ3) is 94.0. The first kappa shape index (κ1) is 96.0. The van der Waals surface area contributed by atoms with Crippen molar-refractivity contribution in [1.82, 2.24) is 0 Å². The molecule has 0 radical (unpaired) electrons. The quantitative estimate of drug-likeness (QED) is 0.0533. The summed E-state index contributed by atoms with van der Waals surface area (Å²) in [4.78, 5) is 0. The van der Waals surface area contributed by atoms with Crippen LogP contribution in [0.2, 0.25) is 0 Å². The molecule has 0 N–H and O–H groups in total. The largest absolute Gasteiger partial charge is 0.0654 e. The third-order valence-electron chi connectivity index (χ3n) is 23.5. The Morgan fingerprint density at radius 3 is 0.115 bits per heavy atom. The molecule has 0 saturated carbocycles. The van der Waals surface area contributed by atoms with Crippen molar-refractivity contribution in [3.8, 4) is 0 Å². The van der Waals surface area contributed by atoms with Gasteiger partial charge < -0.3 is 0 Å². The van der Waals surface area contributed by atoms with Crippen LogP contribution in [0.1, 0.15) is 617 Å². The molecule has 0 aliphatic carbocycles. The minimum atomic E-state index is 1.37. The molecule has 0 aromatic rings. The van der Waals surface area contributed by atoms with Crippen LogP contribution in [0.3, 0.4) is 0 Å². The van der Waals surface area contributed by atoms with Gasteiger partial charge in [-0.3, -0.25) is 0 Å². The normalized spacial score (nSPS) is 11.8. The maximum atomic E-state index is 2.32. The molecular formula is C96H194. The molecule has 0 aliphatic rings. The van der Waals surface area contributed by atoms with Gasteiger partial charge in [0, 0.05) is 0 Å². The Balaban J connectivity index is 3.09. The zero-order valence-electron chi connectivity index (χ0n) is 68.5. The van der Waals surface area contributed by atoms with Crippen LogP contribution < -0.4 is 0 Å². The van der Waals surface area contributed by atoms with Crippen LogP contribution in [0.15, 0.2) is 0 Å². The Hall–Kier alpha value is 0. The van der Waals surface area contributed by atoms with Gasteiger partial charge in [0.1, 0.15) is 0 Å². The molecule has 0 aromatic heterocycles. The summed E-state index contributed by atoms with van der Waals surface area (Å²) < 4.78 is 0. The molecule has 96 heavy (non-hydrogen) atoms. The molecule has 0 heterocycles. The van der Waals surface area contributed by atoms with Crippen molar-refractivity contribution in [2.45, 2.75) is 617 Å². The van der Waals surface area contributed by atoms with E-state index in [-0.39, 0.29) is 0 Å². The highest BCUT2D eigenvalue weighted by Crippen LogP contribution is 2.23. The topological polar surface area (TPSA) is 0 Å². The van der Waals surface area contributed by atoms with Gasteiger partial charge in [0.15, 0.2) is 0 Å². The molecule has 0 unspecified atom stereocenters. The minimum absolute atomic E-state index is 1.37. The second-order valence-corrected chi connectivity index (χ2v) is 33.5. The Kier molecular flexibility index (Phi) is 95.0. The van der Waals surface area contributed by atoms with Crippen LogP contribution in [0, 0.1) is 0 Å². The van der Waals surface area contributed by atoms with Gasteiger partial charge in [0.05, 0.1) is 0 Å². The van der Waals surface area contributed by atoms with E-state index in [9.17, 15) is 0 Å². The van der Waals surface area contributed by atoms with Gasteiger partial charge in [0.2, 0.25) is 0 Å². The van der Waals surface area contributed by atoms with Crippen molar-refractivity contribution in [3.05, 3.63) is 0 Å². The fourth-order valence-corrected chi connectivity index (χ4v) is 16.4. The molecule has 0 spiro atoms. The van der Waals surface area contributed by atoms with Crippen molar-refractivity contribution < 1.29 is 0 Å². The summed E-state index contributed by atoms with van der Waals surface area (Å²) in [5, 5.41) is 0. The van der Waals surface area contributed by atoms with Crippen LogP contribution in [0.5, 0.6) is 0 Å². The summed E-state index contributed by atoms with van der Waals surface area (Å²) in [6.45, 7) is 4.63. The second kappa shape index (κ2) is 95.0. The van der Waals surface area contributed by atoms with Gasteiger partial charge >= 0.3 is 0 Å². The Labute approximate surface area is 613 Å². The fraction of sp³-hybridized carbons (Fsp3) is 1.00. The summed E-state index contributed by atoms with van der Waals surface area (Å²) >= 11 is 0. The van der Waals surface area contributed by atoms with Gasteiger partial charge in [-0.1, -0.05) is 617 Å². The van der Waals surface area contributed by atoms with E-state index >= 15 is 0 Å². The van der Waals surface area contributed by atoms with Gasteiger partial charge in [-0.15, -0.1) is 0 Å². The number of hydrogen-bond acceptors (Lipinski definition) is 0. The maximum absolute atomic E-state index is 2.32. The van der Waals surface area contributed by atoms with Crippen molar-refractivity contribution in [2.24, 2.45) is 0 Å². The minimum Gasteiger partial charge on any atom is -0.0654 e. The SMILES string of the molecule is CCCCCCCCCCCCCCCCCCCCCCCCCCCCCCCCCCCCCCCCCCCCCCCCCCCCCCCCCCCCCCCCCCCCCCCCCCCCCCCCCCCCCCCCCCCCCCCC. The van der Waals surface area contributed by atoms with Gasteiger partial charge in [-0.2, -0.15) is 0 Å². The average molecular weight is 1350 g/mol. The van der Waals surface area contributed by atoms with E-state index in [0.717, 1.165) is 0 Å². The Morgan fingerprint density at radius 2 is 0.0833 bits per heavy atom. The lowest BCUT2D eigenvalue weighted by Gasteiger charge is -2.05. The number of hydrogen-bond donors (Lipinski definition) is 0. The third-order valence-corrected chi connectivity index (χ3v) is 23.5. The smallest absolute Gasteiger partial charge is 0.0533 e. The van der Waals surface area contributed by atoms with E-state index in [1.54, 1.807) is 0 Å². The molecule has 0 bridgehead atoms. The zero-order chi connectivity index (χ0) is 68.5. The summed E-state index contributed by atoms with van der Waals surface area (Å²) in [7, 11) is 0. The lowest BCUT2D eigenvalue weighted by Crippen LogP contribution is -1.85. The van der Waals surface area contributed by atoms with Gasteiger partial charge in [-0.25, -0.2) is 0 Å². The molecule has 0 aliphatic heterocycles. The molecule has 0 fully saturated rings. The molecule has 0 amide bonds. The van der Waals surface area contributed by atoms with Gasteiger partial charge in [-0.05, 0) is 0 Å². The van der Waals surface area contributed by atoms with Crippen molar-refractivity contribution >= 4 is 0 Å². The van der Waals surface area contributed by atoms with Crippen molar-refractivity contribution in [2.75, 3.05) is 0 Å². The molecule has 0 heteroatoms. The van der Waals surface area contributed by atoms with E-state index in [1.807, 2.05) is 0 Å². The lowest BCUT2D eigenvalue weighted by molar-refractivity contribution is 0.505. The van der Waals surface area contributed by atoms with Crippen molar-refractivity contribution in [1.29, 1.82) is 0 Å². The molecule has 0 nitrogen and oxygen atoms in total. The van der Waals surface area contributed by atoms with Crippen LogP contribution in [-0.2, 0) is 0 Å². The van der Waals surface area contributed by atoms with Gasteiger partial charge in [0.25, 0.3) is 0 Å². The molecule has 0 aromatic carbocycles. The zero-order valence-corrected chi connectivity index (χ0v) is 68.5. The summed E-state index contributed by atoms with van der Waals surface area (Å²) in [5.74, 6) is 0.